The summed E-state index contributed by atoms with van der Waals surface area (Å²) in [5.41, 5.74) is 3.09. The molecule has 9 heteroatoms. The number of aromatic nitrogens is 1. The van der Waals surface area contributed by atoms with Gasteiger partial charge in [-0.05, 0) is 31.0 Å². The number of guanidine groups is 1. The molecule has 0 saturated heterocycles. The van der Waals surface area contributed by atoms with Gasteiger partial charge in [-0.2, -0.15) is 0 Å². The van der Waals surface area contributed by atoms with E-state index in [2.05, 4.69) is 39.9 Å². The molecule has 0 radical (unpaired) electrons. The molecule has 0 unspecified atom stereocenters. The van der Waals surface area contributed by atoms with E-state index in [-0.39, 0.29) is 36.5 Å². The fourth-order valence-corrected chi connectivity index (χ4v) is 2.86. The van der Waals surface area contributed by atoms with Crippen molar-refractivity contribution in [3.8, 4) is 5.75 Å². The first kappa shape index (κ1) is 25.7. The zero-order valence-electron chi connectivity index (χ0n) is 18.1. The number of hydrogen-bond acceptors (Lipinski definition) is 5. The Morgan fingerprint density at radius 2 is 1.90 bits per heavy atom. The fourth-order valence-electron chi connectivity index (χ4n) is 2.86. The molecule has 3 N–H and O–H groups in total. The average molecular weight is 529 g/mol. The molecule has 1 heterocycles. The Morgan fingerprint density at radius 3 is 2.57 bits per heavy atom. The molecule has 1 aromatic heterocycles. The Bertz CT molecular complexity index is 801. The lowest BCUT2D eigenvalue weighted by Gasteiger charge is -2.13. The van der Waals surface area contributed by atoms with Crippen molar-refractivity contribution in [2.24, 2.45) is 4.99 Å². The van der Waals surface area contributed by atoms with Crippen LogP contribution >= 0.6 is 24.0 Å². The molecule has 0 bridgehead atoms. The number of ether oxygens (including phenoxy) is 1. The van der Waals surface area contributed by atoms with Gasteiger partial charge in [0.25, 0.3) is 5.91 Å². The summed E-state index contributed by atoms with van der Waals surface area (Å²) in [6.07, 6.45) is 1.63. The molecule has 1 aromatic carbocycles. The molecule has 166 valence electrons. The maximum atomic E-state index is 11.5. The van der Waals surface area contributed by atoms with Crippen LogP contribution in [0, 0.1) is 0 Å². The minimum absolute atomic E-state index is 0. The van der Waals surface area contributed by atoms with Crippen molar-refractivity contribution in [3.63, 3.8) is 0 Å². The third kappa shape index (κ3) is 7.85. The highest BCUT2D eigenvalue weighted by Crippen LogP contribution is 2.15. The van der Waals surface area contributed by atoms with Crippen LogP contribution in [0.3, 0.4) is 0 Å². The maximum absolute atomic E-state index is 11.5. The number of carbonyl (C=O) groups excluding carboxylic acids is 1. The highest BCUT2D eigenvalue weighted by atomic mass is 127. The second-order valence-electron chi connectivity index (χ2n) is 6.41. The van der Waals surface area contributed by atoms with Crippen LogP contribution in [-0.2, 0) is 30.7 Å². The van der Waals surface area contributed by atoms with E-state index in [1.54, 1.807) is 7.05 Å². The van der Waals surface area contributed by atoms with Crippen LogP contribution < -0.4 is 20.7 Å². The Labute approximate surface area is 195 Å². The van der Waals surface area contributed by atoms with E-state index < -0.39 is 0 Å². The van der Waals surface area contributed by atoms with Crippen LogP contribution in [-0.4, -0.2) is 37.2 Å². The number of hydrogen-bond donors (Lipinski definition) is 3. The van der Waals surface area contributed by atoms with Crippen molar-refractivity contribution >= 4 is 35.8 Å². The van der Waals surface area contributed by atoms with Gasteiger partial charge in [0.1, 0.15) is 11.5 Å². The molecule has 0 fully saturated rings. The van der Waals surface area contributed by atoms with Crippen molar-refractivity contribution in [2.45, 2.75) is 46.7 Å². The zero-order chi connectivity index (χ0) is 21.1. The molecule has 0 spiro atoms. The molecule has 8 nitrogen and oxygen atoms in total. The number of nitrogens with zero attached hydrogens (tertiary/aromatic N) is 2. The van der Waals surface area contributed by atoms with Gasteiger partial charge in [0.15, 0.2) is 12.6 Å². The van der Waals surface area contributed by atoms with Crippen LogP contribution in [0.5, 0.6) is 5.75 Å². The van der Waals surface area contributed by atoms with Gasteiger partial charge in [-0.25, -0.2) is 0 Å². The molecule has 30 heavy (non-hydrogen) atoms. The number of halogens is 1. The smallest absolute Gasteiger partial charge is 0.257 e. The maximum Gasteiger partial charge on any atom is 0.257 e. The number of nitrogens with one attached hydrogen (secondary N) is 3. The largest absolute Gasteiger partial charge is 0.484 e. The predicted octanol–water partition coefficient (Wildman–Crippen LogP) is 2.80. The van der Waals surface area contributed by atoms with Gasteiger partial charge in [-0.3, -0.25) is 9.79 Å². The van der Waals surface area contributed by atoms with Crippen LogP contribution in [0.4, 0.5) is 0 Å². The fraction of sp³-hybridized carbons (Fsp3) is 0.476. The molecular weight excluding hydrogens is 497 g/mol. The lowest BCUT2D eigenvalue weighted by Crippen LogP contribution is -2.36. The van der Waals surface area contributed by atoms with E-state index in [1.807, 2.05) is 31.2 Å². The summed E-state index contributed by atoms with van der Waals surface area (Å²) in [7, 11) is 1.73. The summed E-state index contributed by atoms with van der Waals surface area (Å²) in [4.78, 5) is 15.8. The molecule has 0 aliphatic heterocycles. The molecule has 2 aromatic rings. The van der Waals surface area contributed by atoms with E-state index in [0.29, 0.717) is 31.3 Å². The van der Waals surface area contributed by atoms with Crippen LogP contribution in [0.2, 0.25) is 0 Å². The quantitative estimate of drug-likeness (QED) is 0.249. The number of rotatable bonds is 10. The van der Waals surface area contributed by atoms with E-state index in [1.165, 1.54) is 0 Å². The standard InChI is InChI=1S/C21H31N5O3.HI/c1-5-18-17(19(6-2)29-26-18)13-25-21(22-4)24-12-15-9-8-10-16(11-15)28-14-20(27)23-7-3;/h8-11H,5-7,12-14H2,1-4H3,(H,23,27)(H2,22,24,25);1H. The Morgan fingerprint density at radius 1 is 1.13 bits per heavy atom. The van der Waals surface area contributed by atoms with Gasteiger partial charge in [0.05, 0.1) is 5.69 Å². The Hall–Kier alpha value is -2.30. The molecular formula is C21H32IN5O3. The van der Waals surface area contributed by atoms with Crippen molar-refractivity contribution in [1.29, 1.82) is 0 Å². The van der Waals surface area contributed by atoms with Gasteiger partial charge in [-0.15, -0.1) is 24.0 Å². The lowest BCUT2D eigenvalue weighted by atomic mass is 10.1. The van der Waals surface area contributed by atoms with Gasteiger partial charge in [0, 0.05) is 38.7 Å². The van der Waals surface area contributed by atoms with Gasteiger partial charge in [0.2, 0.25) is 0 Å². The van der Waals surface area contributed by atoms with Crippen molar-refractivity contribution in [2.75, 3.05) is 20.2 Å². The number of aliphatic imine (C=N–C) groups is 1. The van der Waals surface area contributed by atoms with Gasteiger partial charge >= 0.3 is 0 Å². The van der Waals surface area contributed by atoms with Crippen molar-refractivity contribution in [3.05, 3.63) is 46.8 Å². The van der Waals surface area contributed by atoms with Crippen molar-refractivity contribution in [1.82, 2.24) is 21.1 Å². The average Bonchev–Trinajstić information content (AvgIpc) is 3.15. The molecule has 0 saturated carbocycles. The van der Waals surface area contributed by atoms with Crippen LogP contribution in [0.1, 0.15) is 43.4 Å². The highest BCUT2D eigenvalue weighted by molar-refractivity contribution is 14.0. The molecule has 0 aliphatic rings. The van der Waals surface area contributed by atoms with Gasteiger partial charge in [-0.1, -0.05) is 31.1 Å². The second-order valence-corrected chi connectivity index (χ2v) is 6.41. The number of likely N-dealkylation sites (N-methyl/N-ethyl adjacent to an activating group) is 1. The van der Waals surface area contributed by atoms with E-state index in [9.17, 15) is 4.79 Å². The first-order chi connectivity index (χ1) is 14.1. The predicted molar refractivity (Wildman–Crippen MR) is 128 cm³/mol. The molecule has 1 amide bonds. The summed E-state index contributed by atoms with van der Waals surface area (Å²) in [6.45, 7) is 7.76. The topological polar surface area (TPSA) is 101 Å². The SMILES string of the molecule is CCNC(=O)COc1cccc(CNC(=NC)NCc2c(CC)noc2CC)c1.I. The summed E-state index contributed by atoms with van der Waals surface area (Å²) in [5, 5.41) is 13.4. The van der Waals surface area contributed by atoms with Gasteiger partial charge < -0.3 is 25.2 Å². The van der Waals surface area contributed by atoms with E-state index in [0.717, 1.165) is 35.4 Å². The third-order valence-electron chi connectivity index (χ3n) is 4.37. The third-order valence-corrected chi connectivity index (χ3v) is 4.37. The van der Waals surface area contributed by atoms with Crippen molar-refractivity contribution < 1.29 is 14.1 Å². The Balaban J connectivity index is 0.00000450. The highest BCUT2D eigenvalue weighted by Gasteiger charge is 2.13. The van der Waals surface area contributed by atoms with E-state index in [4.69, 9.17) is 9.26 Å². The summed E-state index contributed by atoms with van der Waals surface area (Å²) < 4.78 is 10.9. The molecule has 0 aliphatic carbocycles. The first-order valence-electron chi connectivity index (χ1n) is 10.00. The monoisotopic (exact) mass is 529 g/mol. The molecule has 0 atom stereocenters. The number of benzene rings is 1. The Kier molecular flexibility index (Phi) is 11.9. The van der Waals surface area contributed by atoms with E-state index >= 15 is 0 Å². The summed E-state index contributed by atoms with van der Waals surface area (Å²) in [6, 6.07) is 7.63. The lowest BCUT2D eigenvalue weighted by molar-refractivity contribution is -0.122. The summed E-state index contributed by atoms with van der Waals surface area (Å²) in [5.74, 6) is 2.11. The van der Waals surface area contributed by atoms with Crippen LogP contribution in [0.25, 0.3) is 0 Å². The minimum atomic E-state index is -0.132. The second kappa shape index (κ2) is 13.8. The molecule has 2 rings (SSSR count). The van der Waals surface area contributed by atoms with Crippen LogP contribution in [0.15, 0.2) is 33.8 Å². The number of amides is 1. The minimum Gasteiger partial charge on any atom is -0.484 e. The zero-order valence-corrected chi connectivity index (χ0v) is 20.4. The normalized spacial score (nSPS) is 10.9. The summed E-state index contributed by atoms with van der Waals surface area (Å²) >= 11 is 0. The number of carbonyl (C=O) groups is 1. The first-order valence-corrected chi connectivity index (χ1v) is 10.00. The number of aryl methyl sites for hydroxylation is 2.